The van der Waals surface area contributed by atoms with Gasteiger partial charge in [0, 0.05) is 5.56 Å². The summed E-state index contributed by atoms with van der Waals surface area (Å²) in [7, 11) is 1.45. The molecule has 2 aromatic rings. The summed E-state index contributed by atoms with van der Waals surface area (Å²) in [5.41, 5.74) is 6.26. The number of benzene rings is 2. The van der Waals surface area contributed by atoms with Crippen LogP contribution in [-0.2, 0) is 0 Å². The zero-order chi connectivity index (χ0) is 15.2. The van der Waals surface area contributed by atoms with Gasteiger partial charge in [-0.25, -0.2) is 4.79 Å². The number of para-hydroxylation sites is 2. The quantitative estimate of drug-likeness (QED) is 0.667. The van der Waals surface area contributed by atoms with Crippen molar-refractivity contribution in [1.82, 2.24) is 0 Å². The van der Waals surface area contributed by atoms with E-state index in [9.17, 15) is 9.90 Å². The fraction of sp³-hybridized carbons (Fsp3) is 0.0667. The Morgan fingerprint density at radius 2 is 1.95 bits per heavy atom. The number of methoxy groups -OCH3 is 1. The molecule has 6 nitrogen and oxygen atoms in total. The van der Waals surface area contributed by atoms with Gasteiger partial charge in [-0.2, -0.15) is 10.1 Å². The number of rotatable bonds is 4. The molecule has 0 fully saturated rings. The third kappa shape index (κ3) is 3.30. The monoisotopic (exact) mass is 285 g/mol. The average Bonchev–Trinajstić information content (AvgIpc) is 2.50. The Hall–Kier alpha value is -3.02. The number of aromatic hydroxyl groups is 1. The minimum atomic E-state index is -0.722. The van der Waals surface area contributed by atoms with Crippen LogP contribution >= 0.6 is 0 Å². The summed E-state index contributed by atoms with van der Waals surface area (Å²) in [5.74, 6) is 0.269. The van der Waals surface area contributed by atoms with Crippen LogP contribution in [0.5, 0.6) is 11.5 Å². The molecule has 0 atom stereocenters. The van der Waals surface area contributed by atoms with Crippen molar-refractivity contribution in [2.24, 2.45) is 10.8 Å². The second-order valence-corrected chi connectivity index (χ2v) is 4.13. The van der Waals surface area contributed by atoms with E-state index in [-0.39, 0.29) is 5.75 Å². The van der Waals surface area contributed by atoms with E-state index >= 15 is 0 Å². The number of nitrogens with two attached hydrogens (primary N) is 1. The molecular weight excluding hydrogens is 270 g/mol. The molecule has 0 spiro atoms. The SMILES string of the molecule is COc1cccc(/C=N\N(C(N)=O)c2ccccc2)c1O. The van der Waals surface area contributed by atoms with Gasteiger partial charge in [-0.05, 0) is 24.3 Å². The van der Waals surface area contributed by atoms with Crippen LogP contribution < -0.4 is 15.5 Å². The first kappa shape index (κ1) is 14.4. The number of urea groups is 1. The molecule has 6 heteroatoms. The topological polar surface area (TPSA) is 88.1 Å². The maximum atomic E-state index is 11.5. The number of phenols is 1. The maximum absolute atomic E-state index is 11.5. The van der Waals surface area contributed by atoms with Crippen molar-refractivity contribution in [1.29, 1.82) is 0 Å². The number of nitrogens with zero attached hydrogens (tertiary/aromatic N) is 2. The lowest BCUT2D eigenvalue weighted by atomic mass is 10.2. The van der Waals surface area contributed by atoms with E-state index in [0.717, 1.165) is 5.01 Å². The highest BCUT2D eigenvalue weighted by atomic mass is 16.5. The van der Waals surface area contributed by atoms with Crippen molar-refractivity contribution in [2.75, 3.05) is 12.1 Å². The Bertz CT molecular complexity index is 656. The Kier molecular flexibility index (Phi) is 4.40. The molecule has 2 amide bonds. The number of hydrazone groups is 1. The lowest BCUT2D eigenvalue weighted by Gasteiger charge is -2.14. The Balaban J connectivity index is 2.32. The molecule has 2 aromatic carbocycles. The number of ether oxygens (including phenoxy) is 1. The van der Waals surface area contributed by atoms with Crippen LogP contribution in [0.25, 0.3) is 0 Å². The number of hydrogen-bond acceptors (Lipinski definition) is 4. The van der Waals surface area contributed by atoms with Crippen molar-refractivity contribution in [2.45, 2.75) is 0 Å². The van der Waals surface area contributed by atoms with E-state index in [4.69, 9.17) is 10.5 Å². The van der Waals surface area contributed by atoms with Gasteiger partial charge in [0.1, 0.15) is 0 Å². The second-order valence-electron chi connectivity index (χ2n) is 4.13. The Morgan fingerprint density at radius 1 is 1.24 bits per heavy atom. The predicted octanol–water partition coefficient (Wildman–Crippen LogP) is 2.32. The molecule has 0 bridgehead atoms. The molecule has 0 heterocycles. The molecule has 3 N–H and O–H groups in total. The van der Waals surface area contributed by atoms with Crippen LogP contribution in [0.15, 0.2) is 53.6 Å². The third-order valence-electron chi connectivity index (χ3n) is 2.77. The smallest absolute Gasteiger partial charge is 0.340 e. The predicted molar refractivity (Wildman–Crippen MR) is 80.8 cm³/mol. The van der Waals surface area contributed by atoms with E-state index in [1.807, 2.05) is 6.07 Å². The van der Waals surface area contributed by atoms with Crippen LogP contribution in [0.4, 0.5) is 10.5 Å². The van der Waals surface area contributed by atoms with Gasteiger partial charge in [0.25, 0.3) is 0 Å². The summed E-state index contributed by atoms with van der Waals surface area (Å²) in [6.45, 7) is 0. The van der Waals surface area contributed by atoms with Crippen molar-refractivity contribution in [3.63, 3.8) is 0 Å². The van der Waals surface area contributed by atoms with E-state index in [1.54, 1.807) is 42.5 Å². The van der Waals surface area contributed by atoms with Gasteiger partial charge < -0.3 is 15.6 Å². The van der Waals surface area contributed by atoms with Gasteiger partial charge in [0.15, 0.2) is 11.5 Å². The van der Waals surface area contributed by atoms with Gasteiger partial charge >= 0.3 is 6.03 Å². The van der Waals surface area contributed by atoms with Crippen LogP contribution in [0.2, 0.25) is 0 Å². The van der Waals surface area contributed by atoms with Crippen molar-refractivity contribution < 1.29 is 14.6 Å². The lowest BCUT2D eigenvalue weighted by Crippen LogP contribution is -2.31. The molecule has 0 aliphatic rings. The standard InChI is InChI=1S/C15H15N3O3/c1-21-13-9-5-6-11(14(13)19)10-17-18(15(16)20)12-7-3-2-4-8-12/h2-10,19H,1H3,(H2,16,20)/b17-10-. The molecule has 0 unspecified atom stereocenters. The van der Waals surface area contributed by atoms with E-state index < -0.39 is 6.03 Å². The van der Waals surface area contributed by atoms with Gasteiger partial charge in [0.2, 0.25) is 0 Å². The zero-order valence-electron chi connectivity index (χ0n) is 11.4. The molecule has 2 rings (SSSR count). The number of primary amides is 1. The zero-order valence-corrected chi connectivity index (χ0v) is 11.4. The first-order valence-electron chi connectivity index (χ1n) is 6.18. The van der Waals surface area contributed by atoms with E-state index in [2.05, 4.69) is 5.10 Å². The van der Waals surface area contributed by atoms with E-state index in [0.29, 0.717) is 17.0 Å². The number of amides is 2. The summed E-state index contributed by atoms with van der Waals surface area (Å²) in [4.78, 5) is 11.5. The number of carbonyl (C=O) groups excluding carboxylic acids is 1. The number of phenolic OH excluding ortho intramolecular Hbond substituents is 1. The van der Waals surface area contributed by atoms with Gasteiger partial charge in [0.05, 0.1) is 19.0 Å². The molecule has 108 valence electrons. The highest BCUT2D eigenvalue weighted by Crippen LogP contribution is 2.28. The molecule has 0 aliphatic heterocycles. The molecule has 0 aliphatic carbocycles. The summed E-state index contributed by atoms with van der Waals surface area (Å²) in [6.07, 6.45) is 1.34. The first-order chi connectivity index (χ1) is 10.1. The number of carbonyl (C=O) groups is 1. The highest BCUT2D eigenvalue weighted by molar-refractivity contribution is 5.93. The molecule has 0 radical (unpaired) electrons. The minimum Gasteiger partial charge on any atom is -0.504 e. The Labute approximate surface area is 122 Å². The normalized spacial score (nSPS) is 10.5. The maximum Gasteiger partial charge on any atom is 0.340 e. The van der Waals surface area contributed by atoms with Crippen LogP contribution in [0.3, 0.4) is 0 Å². The Morgan fingerprint density at radius 3 is 2.57 bits per heavy atom. The largest absolute Gasteiger partial charge is 0.504 e. The fourth-order valence-corrected chi connectivity index (χ4v) is 1.75. The van der Waals surface area contributed by atoms with Crippen molar-refractivity contribution in [3.8, 4) is 11.5 Å². The van der Waals surface area contributed by atoms with E-state index in [1.165, 1.54) is 13.3 Å². The van der Waals surface area contributed by atoms with Crippen LogP contribution in [0.1, 0.15) is 5.56 Å². The van der Waals surface area contributed by atoms with Crippen LogP contribution in [0, 0.1) is 0 Å². The summed E-state index contributed by atoms with van der Waals surface area (Å²) >= 11 is 0. The fourth-order valence-electron chi connectivity index (χ4n) is 1.75. The van der Waals surface area contributed by atoms with Gasteiger partial charge in [-0.1, -0.05) is 24.3 Å². The number of anilines is 1. The molecule has 0 aromatic heterocycles. The molecule has 21 heavy (non-hydrogen) atoms. The lowest BCUT2D eigenvalue weighted by molar-refractivity contribution is 0.254. The van der Waals surface area contributed by atoms with Crippen LogP contribution in [-0.4, -0.2) is 24.5 Å². The van der Waals surface area contributed by atoms with Gasteiger partial charge in [-0.3, -0.25) is 0 Å². The third-order valence-corrected chi connectivity index (χ3v) is 2.77. The van der Waals surface area contributed by atoms with Crippen molar-refractivity contribution in [3.05, 3.63) is 54.1 Å². The average molecular weight is 285 g/mol. The first-order valence-corrected chi connectivity index (χ1v) is 6.18. The highest BCUT2D eigenvalue weighted by Gasteiger charge is 2.11. The number of hydrogen-bond donors (Lipinski definition) is 2. The molecular formula is C15H15N3O3. The summed E-state index contributed by atoms with van der Waals surface area (Å²) in [5, 5.41) is 15.0. The minimum absolute atomic E-state index is 0.0544. The molecule has 0 saturated heterocycles. The molecule has 0 saturated carbocycles. The van der Waals surface area contributed by atoms with Crippen molar-refractivity contribution >= 4 is 17.9 Å². The van der Waals surface area contributed by atoms with Gasteiger partial charge in [-0.15, -0.1) is 0 Å². The summed E-state index contributed by atoms with van der Waals surface area (Å²) < 4.78 is 5.01. The second kappa shape index (κ2) is 6.42. The summed E-state index contributed by atoms with van der Waals surface area (Å²) in [6, 6.07) is 13.0.